The molecule has 0 atom stereocenters. The first kappa shape index (κ1) is 13.9. The van der Waals surface area contributed by atoms with E-state index in [1.807, 2.05) is 0 Å². The Morgan fingerprint density at radius 2 is 1.88 bits per heavy atom. The minimum absolute atomic E-state index is 0.00865. The molecule has 0 radical (unpaired) electrons. The Kier molecular flexibility index (Phi) is 4.89. The molecule has 1 aromatic carbocycles. The fourth-order valence-corrected chi connectivity index (χ4v) is 3.11. The largest absolute Gasteiger partial charge is 0.330 e. The molecule has 4 nitrogen and oxygen atoms in total. The number of anilines is 1. The molecule has 1 aromatic rings. The van der Waals surface area contributed by atoms with Gasteiger partial charge in [0.05, 0.1) is 11.4 Å². The molecule has 0 saturated heterocycles. The lowest BCUT2D eigenvalue weighted by Gasteiger charge is -2.22. The zero-order chi connectivity index (χ0) is 12.9. The van der Waals surface area contributed by atoms with Crippen LogP contribution in [0.5, 0.6) is 0 Å². The topological polar surface area (TPSA) is 63.4 Å². The van der Waals surface area contributed by atoms with Crippen molar-refractivity contribution in [1.82, 2.24) is 0 Å². The lowest BCUT2D eigenvalue weighted by Crippen LogP contribution is -2.33. The summed E-state index contributed by atoms with van der Waals surface area (Å²) in [6.45, 7) is 2.39. The fraction of sp³-hybridized carbons (Fsp3) is 0.455. The Morgan fingerprint density at radius 3 is 2.35 bits per heavy atom. The quantitative estimate of drug-likeness (QED) is 0.839. The molecule has 1 rings (SSSR count). The highest BCUT2D eigenvalue weighted by Crippen LogP contribution is 2.18. The van der Waals surface area contributed by atoms with E-state index in [0.29, 0.717) is 25.2 Å². The van der Waals surface area contributed by atoms with Crippen molar-refractivity contribution >= 4 is 15.7 Å². The average molecular weight is 260 g/mol. The van der Waals surface area contributed by atoms with Gasteiger partial charge in [-0.1, -0.05) is 0 Å². The predicted octanol–water partition coefficient (Wildman–Crippen LogP) is 1.33. The van der Waals surface area contributed by atoms with Gasteiger partial charge in [-0.2, -0.15) is 0 Å². The Labute approximate surface area is 101 Å². The summed E-state index contributed by atoms with van der Waals surface area (Å²) >= 11 is 0. The highest BCUT2D eigenvalue weighted by Gasteiger charge is 2.20. The van der Waals surface area contributed by atoms with Crippen LogP contribution in [0.4, 0.5) is 10.1 Å². The van der Waals surface area contributed by atoms with Gasteiger partial charge in [0.2, 0.25) is 10.0 Å². The van der Waals surface area contributed by atoms with Crippen LogP contribution in [-0.2, 0) is 10.0 Å². The highest BCUT2D eigenvalue weighted by molar-refractivity contribution is 7.92. The molecule has 0 aromatic heterocycles. The Balaban J connectivity index is 2.95. The summed E-state index contributed by atoms with van der Waals surface area (Å²) in [7, 11) is -3.37. The van der Waals surface area contributed by atoms with Crippen molar-refractivity contribution in [3.8, 4) is 0 Å². The summed E-state index contributed by atoms with van der Waals surface area (Å²) < 4.78 is 38.0. The van der Waals surface area contributed by atoms with Gasteiger partial charge in [0.1, 0.15) is 5.82 Å². The smallest absolute Gasteiger partial charge is 0.235 e. The van der Waals surface area contributed by atoms with Crippen LogP contribution < -0.4 is 10.0 Å². The molecule has 0 aliphatic heterocycles. The first-order valence-electron chi connectivity index (χ1n) is 5.47. The predicted molar refractivity (Wildman–Crippen MR) is 66.9 cm³/mol. The number of rotatable bonds is 6. The van der Waals surface area contributed by atoms with Crippen molar-refractivity contribution in [2.24, 2.45) is 5.73 Å². The van der Waals surface area contributed by atoms with E-state index in [2.05, 4.69) is 0 Å². The highest BCUT2D eigenvalue weighted by atomic mass is 32.2. The van der Waals surface area contributed by atoms with Gasteiger partial charge in [0.25, 0.3) is 0 Å². The van der Waals surface area contributed by atoms with E-state index in [9.17, 15) is 12.8 Å². The van der Waals surface area contributed by atoms with Gasteiger partial charge in [-0.3, -0.25) is 4.31 Å². The van der Waals surface area contributed by atoms with E-state index in [0.717, 1.165) is 0 Å². The van der Waals surface area contributed by atoms with E-state index in [4.69, 9.17) is 5.73 Å². The van der Waals surface area contributed by atoms with Crippen LogP contribution in [0.3, 0.4) is 0 Å². The number of hydrogen-bond acceptors (Lipinski definition) is 3. The number of hydrogen-bond donors (Lipinski definition) is 1. The normalized spacial score (nSPS) is 11.5. The molecule has 17 heavy (non-hydrogen) atoms. The minimum Gasteiger partial charge on any atom is -0.330 e. The van der Waals surface area contributed by atoms with Gasteiger partial charge in [0, 0.05) is 6.54 Å². The van der Waals surface area contributed by atoms with Gasteiger partial charge in [-0.15, -0.1) is 0 Å². The molecular formula is C11H17FN2O2S. The first-order valence-corrected chi connectivity index (χ1v) is 7.08. The van der Waals surface area contributed by atoms with Crippen molar-refractivity contribution in [3.63, 3.8) is 0 Å². The molecule has 6 heteroatoms. The summed E-state index contributed by atoms with van der Waals surface area (Å²) in [4.78, 5) is 0. The van der Waals surface area contributed by atoms with E-state index < -0.39 is 10.0 Å². The SMILES string of the molecule is CCN(c1ccc(F)cc1)S(=O)(=O)CCCN. The summed E-state index contributed by atoms with van der Waals surface area (Å²) in [6, 6.07) is 5.41. The van der Waals surface area contributed by atoms with E-state index in [1.54, 1.807) is 6.92 Å². The maximum absolute atomic E-state index is 12.8. The fourth-order valence-electron chi connectivity index (χ4n) is 1.52. The van der Waals surface area contributed by atoms with Gasteiger partial charge < -0.3 is 5.73 Å². The van der Waals surface area contributed by atoms with Gasteiger partial charge >= 0.3 is 0 Å². The molecule has 0 heterocycles. The number of halogens is 1. The molecule has 0 amide bonds. The zero-order valence-electron chi connectivity index (χ0n) is 9.77. The molecule has 0 aliphatic rings. The van der Waals surface area contributed by atoms with E-state index in [1.165, 1.54) is 28.6 Å². The van der Waals surface area contributed by atoms with Gasteiger partial charge in [-0.05, 0) is 44.2 Å². The summed E-state index contributed by atoms with van der Waals surface area (Å²) in [5.41, 5.74) is 5.78. The molecular weight excluding hydrogens is 243 g/mol. The number of nitrogens with zero attached hydrogens (tertiary/aromatic N) is 1. The van der Waals surface area contributed by atoms with Crippen LogP contribution in [0.1, 0.15) is 13.3 Å². The van der Waals surface area contributed by atoms with Crippen molar-refractivity contribution < 1.29 is 12.8 Å². The molecule has 0 saturated carbocycles. The van der Waals surface area contributed by atoms with Crippen molar-refractivity contribution in [2.45, 2.75) is 13.3 Å². The Hall–Kier alpha value is -1.14. The van der Waals surface area contributed by atoms with Crippen LogP contribution in [0.15, 0.2) is 24.3 Å². The third kappa shape index (κ3) is 3.67. The standard InChI is InChI=1S/C11H17FN2O2S/c1-2-14(17(15,16)9-3-8-13)11-6-4-10(12)5-7-11/h4-7H,2-3,8-9,13H2,1H3. The van der Waals surface area contributed by atoms with Gasteiger partial charge in [-0.25, -0.2) is 12.8 Å². The molecule has 0 fully saturated rings. The maximum atomic E-state index is 12.8. The Bertz CT molecular complexity index is 445. The first-order chi connectivity index (χ1) is 8.01. The van der Waals surface area contributed by atoms with Crippen molar-refractivity contribution in [1.29, 1.82) is 0 Å². The molecule has 0 spiro atoms. The second-order valence-electron chi connectivity index (χ2n) is 3.60. The molecule has 2 N–H and O–H groups in total. The maximum Gasteiger partial charge on any atom is 0.235 e. The molecule has 0 aliphatic carbocycles. The second kappa shape index (κ2) is 5.97. The number of nitrogens with two attached hydrogens (primary N) is 1. The van der Waals surface area contributed by atoms with Crippen LogP contribution in [0.25, 0.3) is 0 Å². The van der Waals surface area contributed by atoms with E-state index in [-0.39, 0.29) is 11.6 Å². The van der Waals surface area contributed by atoms with Crippen LogP contribution in [0, 0.1) is 5.82 Å². The monoisotopic (exact) mass is 260 g/mol. The zero-order valence-corrected chi connectivity index (χ0v) is 10.6. The van der Waals surface area contributed by atoms with E-state index >= 15 is 0 Å². The third-order valence-corrected chi connectivity index (χ3v) is 4.29. The number of benzene rings is 1. The van der Waals surface area contributed by atoms with Crippen LogP contribution in [-0.4, -0.2) is 27.3 Å². The third-order valence-electron chi connectivity index (χ3n) is 2.34. The lowest BCUT2D eigenvalue weighted by atomic mass is 10.3. The molecule has 0 bridgehead atoms. The van der Waals surface area contributed by atoms with Crippen LogP contribution in [0.2, 0.25) is 0 Å². The molecule has 0 unspecified atom stereocenters. The summed E-state index contributed by atoms with van der Waals surface area (Å²) in [5, 5.41) is 0. The lowest BCUT2D eigenvalue weighted by molar-refractivity contribution is 0.589. The summed E-state index contributed by atoms with van der Waals surface area (Å²) in [6.07, 6.45) is 0.417. The molecule has 96 valence electrons. The Morgan fingerprint density at radius 1 is 1.29 bits per heavy atom. The summed E-state index contributed by atoms with van der Waals surface area (Å²) in [5.74, 6) is -0.376. The average Bonchev–Trinajstić information content (AvgIpc) is 2.30. The van der Waals surface area contributed by atoms with Gasteiger partial charge in [0.15, 0.2) is 0 Å². The van der Waals surface area contributed by atoms with Crippen molar-refractivity contribution in [3.05, 3.63) is 30.1 Å². The van der Waals surface area contributed by atoms with Crippen molar-refractivity contribution in [2.75, 3.05) is 23.1 Å². The van der Waals surface area contributed by atoms with Crippen LogP contribution >= 0.6 is 0 Å². The minimum atomic E-state index is -3.37. The number of sulfonamides is 1. The second-order valence-corrected chi connectivity index (χ2v) is 5.61.